The highest BCUT2D eigenvalue weighted by atomic mass is 32.2. The van der Waals surface area contributed by atoms with Crippen LogP contribution in [0.25, 0.3) is 0 Å². The van der Waals surface area contributed by atoms with Gasteiger partial charge in [-0.1, -0.05) is 0 Å². The normalized spacial score (nSPS) is 11.7. The fourth-order valence-electron chi connectivity index (χ4n) is 1.51. The maximum absolute atomic E-state index is 12.0. The van der Waals surface area contributed by atoms with Crippen molar-refractivity contribution in [3.63, 3.8) is 0 Å². The van der Waals surface area contributed by atoms with Crippen molar-refractivity contribution in [2.75, 3.05) is 26.0 Å². The molecule has 0 bridgehead atoms. The number of hydrogen-bond donors (Lipinski definition) is 2. The number of rotatable bonds is 6. The standard InChI is InChI=1S/C12H20N2O3S/c1-9-7-11(8-12(13)10(9)2)18(15,16)14-5-4-6-17-3/h7-8,14H,4-6,13H2,1-3H3. The molecule has 5 nitrogen and oxygen atoms in total. The molecule has 18 heavy (non-hydrogen) atoms. The predicted molar refractivity (Wildman–Crippen MR) is 72.0 cm³/mol. The van der Waals surface area contributed by atoms with Crippen LogP contribution in [0.15, 0.2) is 17.0 Å². The zero-order valence-electron chi connectivity index (χ0n) is 11.0. The summed E-state index contributed by atoms with van der Waals surface area (Å²) in [5, 5.41) is 0. The quantitative estimate of drug-likeness (QED) is 0.602. The molecule has 0 spiro atoms. The lowest BCUT2D eigenvalue weighted by molar-refractivity contribution is 0.196. The maximum Gasteiger partial charge on any atom is 0.240 e. The minimum atomic E-state index is -3.49. The van der Waals surface area contributed by atoms with Gasteiger partial charge in [0, 0.05) is 25.9 Å². The Hall–Kier alpha value is -1.11. The van der Waals surface area contributed by atoms with Gasteiger partial charge >= 0.3 is 0 Å². The lowest BCUT2D eigenvalue weighted by Gasteiger charge is -2.10. The fraction of sp³-hybridized carbons (Fsp3) is 0.500. The first kappa shape index (κ1) is 14.9. The van der Waals surface area contributed by atoms with Gasteiger partial charge in [0.1, 0.15) is 0 Å². The molecule has 102 valence electrons. The van der Waals surface area contributed by atoms with Gasteiger partial charge in [-0.25, -0.2) is 13.1 Å². The Morgan fingerprint density at radius 3 is 2.56 bits per heavy atom. The Morgan fingerprint density at radius 2 is 2.00 bits per heavy atom. The highest BCUT2D eigenvalue weighted by Gasteiger charge is 2.15. The molecule has 0 aliphatic rings. The van der Waals surface area contributed by atoms with Crippen molar-refractivity contribution >= 4 is 15.7 Å². The van der Waals surface area contributed by atoms with Gasteiger partial charge in [-0.05, 0) is 43.5 Å². The molecule has 0 aliphatic carbocycles. The minimum absolute atomic E-state index is 0.209. The van der Waals surface area contributed by atoms with Gasteiger partial charge in [-0.2, -0.15) is 0 Å². The van der Waals surface area contributed by atoms with Gasteiger partial charge < -0.3 is 10.5 Å². The van der Waals surface area contributed by atoms with E-state index in [9.17, 15) is 8.42 Å². The van der Waals surface area contributed by atoms with E-state index in [2.05, 4.69) is 4.72 Å². The number of nitrogen functional groups attached to an aromatic ring is 1. The fourth-order valence-corrected chi connectivity index (χ4v) is 2.71. The van der Waals surface area contributed by atoms with E-state index < -0.39 is 10.0 Å². The lowest BCUT2D eigenvalue weighted by Crippen LogP contribution is -2.25. The molecule has 0 saturated carbocycles. The summed E-state index contributed by atoms with van der Waals surface area (Å²) in [6.07, 6.45) is 0.635. The Morgan fingerprint density at radius 1 is 1.33 bits per heavy atom. The van der Waals surface area contributed by atoms with E-state index in [-0.39, 0.29) is 4.90 Å². The average Bonchev–Trinajstić information content (AvgIpc) is 2.31. The molecular formula is C12H20N2O3S. The molecule has 0 atom stereocenters. The molecule has 6 heteroatoms. The van der Waals surface area contributed by atoms with E-state index in [1.807, 2.05) is 13.8 Å². The van der Waals surface area contributed by atoms with E-state index in [4.69, 9.17) is 10.5 Å². The smallest absolute Gasteiger partial charge is 0.240 e. The topological polar surface area (TPSA) is 81.4 Å². The number of aryl methyl sites for hydroxylation is 1. The van der Waals surface area contributed by atoms with Gasteiger partial charge in [0.25, 0.3) is 0 Å². The largest absolute Gasteiger partial charge is 0.398 e. The highest BCUT2D eigenvalue weighted by Crippen LogP contribution is 2.21. The second-order valence-corrected chi connectivity index (χ2v) is 5.97. The summed E-state index contributed by atoms with van der Waals surface area (Å²) in [5.41, 5.74) is 8.05. The van der Waals surface area contributed by atoms with Gasteiger partial charge in [0.2, 0.25) is 10.0 Å². The molecule has 0 aromatic heterocycles. The van der Waals surface area contributed by atoms with E-state index in [1.165, 1.54) is 6.07 Å². The first-order valence-corrected chi connectivity index (χ1v) is 7.22. The molecule has 0 unspecified atom stereocenters. The van der Waals surface area contributed by atoms with Gasteiger partial charge in [-0.3, -0.25) is 0 Å². The number of methoxy groups -OCH3 is 1. The number of hydrogen-bond acceptors (Lipinski definition) is 4. The summed E-state index contributed by atoms with van der Waals surface area (Å²) in [7, 11) is -1.91. The molecule has 0 saturated heterocycles. The third kappa shape index (κ3) is 3.69. The zero-order valence-corrected chi connectivity index (χ0v) is 11.8. The van der Waals surface area contributed by atoms with Crippen molar-refractivity contribution < 1.29 is 13.2 Å². The van der Waals surface area contributed by atoms with Crippen LogP contribution in [0.3, 0.4) is 0 Å². The van der Waals surface area contributed by atoms with Crippen molar-refractivity contribution in [1.82, 2.24) is 4.72 Å². The van der Waals surface area contributed by atoms with Crippen LogP contribution in [0.2, 0.25) is 0 Å². The van der Waals surface area contributed by atoms with Gasteiger partial charge in [0.15, 0.2) is 0 Å². The highest BCUT2D eigenvalue weighted by molar-refractivity contribution is 7.89. The Balaban J connectivity index is 2.85. The maximum atomic E-state index is 12.0. The summed E-state index contributed by atoms with van der Waals surface area (Å²) in [5.74, 6) is 0. The van der Waals surface area contributed by atoms with Crippen LogP contribution >= 0.6 is 0 Å². The molecule has 0 aliphatic heterocycles. The van der Waals surface area contributed by atoms with Crippen LogP contribution < -0.4 is 10.5 Å². The van der Waals surface area contributed by atoms with E-state index in [0.29, 0.717) is 25.3 Å². The SMILES string of the molecule is COCCCNS(=O)(=O)c1cc(C)c(C)c(N)c1. The van der Waals surface area contributed by atoms with Crippen LogP contribution in [0, 0.1) is 13.8 Å². The van der Waals surface area contributed by atoms with Crippen LogP contribution in [0.4, 0.5) is 5.69 Å². The van der Waals surface area contributed by atoms with Gasteiger partial charge in [0.05, 0.1) is 4.90 Å². The monoisotopic (exact) mass is 272 g/mol. The number of nitrogens with two attached hydrogens (primary N) is 1. The molecule has 0 heterocycles. The Bertz CT molecular complexity index is 489. The second-order valence-electron chi connectivity index (χ2n) is 4.20. The first-order valence-electron chi connectivity index (χ1n) is 5.74. The van der Waals surface area contributed by atoms with E-state index >= 15 is 0 Å². The molecule has 0 fully saturated rings. The van der Waals surface area contributed by atoms with Crippen LogP contribution in [-0.2, 0) is 14.8 Å². The molecule has 1 rings (SSSR count). The van der Waals surface area contributed by atoms with Crippen molar-refractivity contribution in [2.45, 2.75) is 25.2 Å². The second kappa shape index (κ2) is 6.17. The summed E-state index contributed by atoms with van der Waals surface area (Å²) in [6, 6.07) is 3.12. The van der Waals surface area contributed by atoms with Crippen LogP contribution in [-0.4, -0.2) is 28.7 Å². The minimum Gasteiger partial charge on any atom is -0.398 e. The van der Waals surface area contributed by atoms with E-state index in [0.717, 1.165) is 11.1 Å². The van der Waals surface area contributed by atoms with Crippen LogP contribution in [0.5, 0.6) is 0 Å². The van der Waals surface area contributed by atoms with Crippen molar-refractivity contribution in [1.29, 1.82) is 0 Å². The molecule has 3 N–H and O–H groups in total. The summed E-state index contributed by atoms with van der Waals surface area (Å²) < 4.78 is 31.4. The number of nitrogens with one attached hydrogen (secondary N) is 1. The number of ether oxygens (including phenoxy) is 1. The molecule has 1 aromatic rings. The first-order chi connectivity index (χ1) is 8.38. The van der Waals surface area contributed by atoms with Crippen molar-refractivity contribution in [2.24, 2.45) is 0 Å². The summed E-state index contributed by atoms with van der Waals surface area (Å²) in [6.45, 7) is 4.59. The zero-order chi connectivity index (χ0) is 13.8. The van der Waals surface area contributed by atoms with Crippen molar-refractivity contribution in [3.05, 3.63) is 23.3 Å². The van der Waals surface area contributed by atoms with E-state index in [1.54, 1.807) is 13.2 Å². The lowest BCUT2D eigenvalue weighted by atomic mass is 10.1. The number of sulfonamides is 1. The average molecular weight is 272 g/mol. The number of anilines is 1. The molecular weight excluding hydrogens is 252 g/mol. The number of benzene rings is 1. The van der Waals surface area contributed by atoms with Crippen LogP contribution in [0.1, 0.15) is 17.5 Å². The Labute approximate surface area is 108 Å². The molecule has 0 amide bonds. The third-order valence-corrected chi connectivity index (χ3v) is 4.25. The Kier molecular flexibility index (Phi) is 5.13. The molecule has 1 aromatic carbocycles. The summed E-state index contributed by atoms with van der Waals surface area (Å²) in [4.78, 5) is 0.209. The predicted octanol–water partition coefficient (Wildman–Crippen LogP) is 1.20. The third-order valence-electron chi connectivity index (χ3n) is 2.81. The molecule has 0 radical (unpaired) electrons. The summed E-state index contributed by atoms with van der Waals surface area (Å²) >= 11 is 0. The van der Waals surface area contributed by atoms with Gasteiger partial charge in [-0.15, -0.1) is 0 Å². The van der Waals surface area contributed by atoms with Crippen molar-refractivity contribution in [3.8, 4) is 0 Å².